The Balaban J connectivity index is 2.37. The first-order valence-electron chi connectivity index (χ1n) is 6.84. The van der Waals surface area contributed by atoms with Gasteiger partial charge in [-0.05, 0) is 26.2 Å². The highest BCUT2D eigenvalue weighted by atomic mass is 16.5. The second kappa shape index (κ2) is 7.90. The van der Waals surface area contributed by atoms with Gasteiger partial charge in [0.15, 0.2) is 0 Å². The van der Waals surface area contributed by atoms with Gasteiger partial charge in [-0.3, -0.25) is 0 Å². The molecule has 1 N–H and O–H groups in total. The molecule has 0 radical (unpaired) electrons. The fourth-order valence-electron chi connectivity index (χ4n) is 1.72. The summed E-state index contributed by atoms with van der Waals surface area (Å²) in [5.74, 6) is 2.10. The van der Waals surface area contributed by atoms with Crippen molar-refractivity contribution >= 4 is 5.95 Å². The van der Waals surface area contributed by atoms with E-state index in [4.69, 9.17) is 4.74 Å². The Labute approximate surface area is 110 Å². The van der Waals surface area contributed by atoms with Gasteiger partial charge in [-0.2, -0.15) is 4.98 Å². The smallest absolute Gasteiger partial charge is 0.226 e. The standard InChI is InChI=1S/C14H25N3O/c1-5-18-13-10-12(4)16-14(17-13)15-9-7-6-8-11(2)3/h10-11H,5-9H2,1-4H3,(H,15,16,17). The fourth-order valence-corrected chi connectivity index (χ4v) is 1.72. The van der Waals surface area contributed by atoms with Crippen molar-refractivity contribution in [1.82, 2.24) is 9.97 Å². The Hall–Kier alpha value is -1.32. The first-order valence-corrected chi connectivity index (χ1v) is 6.84. The van der Waals surface area contributed by atoms with E-state index in [-0.39, 0.29) is 0 Å². The molecule has 1 aromatic rings. The van der Waals surface area contributed by atoms with Crippen LogP contribution in [0, 0.1) is 12.8 Å². The fraction of sp³-hybridized carbons (Fsp3) is 0.714. The summed E-state index contributed by atoms with van der Waals surface area (Å²) in [5.41, 5.74) is 0.929. The van der Waals surface area contributed by atoms with Crippen molar-refractivity contribution < 1.29 is 4.74 Å². The summed E-state index contributed by atoms with van der Waals surface area (Å²) in [5, 5.41) is 3.26. The average molecular weight is 251 g/mol. The minimum Gasteiger partial charge on any atom is -0.478 e. The van der Waals surface area contributed by atoms with E-state index in [1.807, 2.05) is 19.9 Å². The van der Waals surface area contributed by atoms with Gasteiger partial charge in [0, 0.05) is 18.3 Å². The number of nitrogens with one attached hydrogen (secondary N) is 1. The lowest BCUT2D eigenvalue weighted by Gasteiger charge is -2.08. The van der Waals surface area contributed by atoms with Crippen LogP contribution in [-0.4, -0.2) is 23.1 Å². The molecule has 0 aliphatic carbocycles. The molecule has 0 aliphatic rings. The zero-order chi connectivity index (χ0) is 13.4. The maximum Gasteiger partial charge on any atom is 0.226 e. The van der Waals surface area contributed by atoms with Crippen molar-refractivity contribution in [3.8, 4) is 5.88 Å². The van der Waals surface area contributed by atoms with Crippen molar-refractivity contribution in [2.45, 2.75) is 47.0 Å². The molecule has 1 rings (SSSR count). The lowest BCUT2D eigenvalue weighted by atomic mass is 10.1. The lowest BCUT2D eigenvalue weighted by molar-refractivity contribution is 0.326. The molecule has 0 amide bonds. The molecule has 0 spiro atoms. The van der Waals surface area contributed by atoms with Crippen LogP contribution < -0.4 is 10.1 Å². The van der Waals surface area contributed by atoms with Gasteiger partial charge in [0.1, 0.15) is 0 Å². The Morgan fingerprint density at radius 3 is 2.72 bits per heavy atom. The van der Waals surface area contributed by atoms with Gasteiger partial charge in [-0.25, -0.2) is 4.98 Å². The van der Waals surface area contributed by atoms with Crippen LogP contribution in [0.4, 0.5) is 5.95 Å². The van der Waals surface area contributed by atoms with Crippen LogP contribution in [0.25, 0.3) is 0 Å². The van der Waals surface area contributed by atoms with Crippen molar-refractivity contribution in [3.63, 3.8) is 0 Å². The molecule has 0 bridgehead atoms. The maximum absolute atomic E-state index is 5.40. The third-order valence-corrected chi connectivity index (χ3v) is 2.61. The summed E-state index contributed by atoms with van der Waals surface area (Å²) >= 11 is 0. The molecule has 0 fully saturated rings. The van der Waals surface area contributed by atoms with Crippen LogP contribution in [0.1, 0.15) is 45.7 Å². The molecule has 0 unspecified atom stereocenters. The molecular weight excluding hydrogens is 226 g/mol. The SMILES string of the molecule is CCOc1cc(C)nc(NCCCCC(C)C)n1. The van der Waals surface area contributed by atoms with Gasteiger partial charge in [0.25, 0.3) is 0 Å². The number of anilines is 1. The quantitative estimate of drug-likeness (QED) is 0.719. The molecule has 18 heavy (non-hydrogen) atoms. The van der Waals surface area contributed by atoms with Gasteiger partial charge < -0.3 is 10.1 Å². The monoisotopic (exact) mass is 251 g/mol. The molecule has 1 aromatic heterocycles. The van der Waals surface area contributed by atoms with E-state index < -0.39 is 0 Å². The molecule has 102 valence electrons. The van der Waals surface area contributed by atoms with Gasteiger partial charge in [0.2, 0.25) is 11.8 Å². The Kier molecular flexibility index (Phi) is 6.47. The molecule has 0 aliphatic heterocycles. The summed E-state index contributed by atoms with van der Waals surface area (Å²) in [7, 11) is 0. The van der Waals surface area contributed by atoms with Gasteiger partial charge in [0.05, 0.1) is 6.61 Å². The van der Waals surface area contributed by atoms with Crippen molar-refractivity contribution in [2.24, 2.45) is 5.92 Å². The second-order valence-corrected chi connectivity index (χ2v) is 4.92. The maximum atomic E-state index is 5.40. The molecule has 4 heteroatoms. The number of aromatic nitrogens is 2. The van der Waals surface area contributed by atoms with E-state index in [9.17, 15) is 0 Å². The number of hydrogen-bond donors (Lipinski definition) is 1. The van der Waals surface area contributed by atoms with Crippen LogP contribution >= 0.6 is 0 Å². The van der Waals surface area contributed by atoms with Crippen molar-refractivity contribution in [1.29, 1.82) is 0 Å². The van der Waals surface area contributed by atoms with E-state index in [0.717, 1.165) is 24.6 Å². The van der Waals surface area contributed by atoms with Crippen molar-refractivity contribution in [2.75, 3.05) is 18.5 Å². The minimum absolute atomic E-state index is 0.629. The Bertz CT molecular complexity index is 353. The van der Waals surface area contributed by atoms with Crippen molar-refractivity contribution in [3.05, 3.63) is 11.8 Å². The van der Waals surface area contributed by atoms with E-state index in [1.54, 1.807) is 0 Å². The summed E-state index contributed by atoms with van der Waals surface area (Å²) in [4.78, 5) is 8.66. The van der Waals surface area contributed by atoms with Gasteiger partial charge in [-0.1, -0.05) is 26.7 Å². The van der Waals surface area contributed by atoms with E-state index in [1.165, 1.54) is 12.8 Å². The van der Waals surface area contributed by atoms with Crippen LogP contribution in [0.3, 0.4) is 0 Å². The molecule has 0 atom stereocenters. The zero-order valence-electron chi connectivity index (χ0n) is 12.0. The molecular formula is C14H25N3O. The molecule has 0 saturated carbocycles. The third-order valence-electron chi connectivity index (χ3n) is 2.61. The molecule has 1 heterocycles. The number of unbranched alkanes of at least 4 members (excludes halogenated alkanes) is 1. The molecule has 4 nitrogen and oxygen atoms in total. The first kappa shape index (κ1) is 14.7. The highest BCUT2D eigenvalue weighted by molar-refractivity contribution is 5.30. The predicted molar refractivity (Wildman–Crippen MR) is 75.1 cm³/mol. The van der Waals surface area contributed by atoms with Crippen LogP contribution in [-0.2, 0) is 0 Å². The number of nitrogens with zero attached hydrogens (tertiary/aromatic N) is 2. The van der Waals surface area contributed by atoms with Crippen LogP contribution in [0.15, 0.2) is 6.07 Å². The Morgan fingerprint density at radius 1 is 1.28 bits per heavy atom. The highest BCUT2D eigenvalue weighted by Gasteiger charge is 2.02. The summed E-state index contributed by atoms with van der Waals surface area (Å²) in [6.45, 7) is 9.97. The first-order chi connectivity index (χ1) is 8.61. The van der Waals surface area contributed by atoms with Crippen LogP contribution in [0.2, 0.25) is 0 Å². The van der Waals surface area contributed by atoms with Gasteiger partial charge >= 0.3 is 0 Å². The predicted octanol–water partition coefficient (Wildman–Crippen LogP) is 3.42. The zero-order valence-corrected chi connectivity index (χ0v) is 12.0. The topological polar surface area (TPSA) is 47.0 Å². The van der Waals surface area contributed by atoms with E-state index >= 15 is 0 Å². The minimum atomic E-state index is 0.629. The lowest BCUT2D eigenvalue weighted by Crippen LogP contribution is -2.07. The largest absolute Gasteiger partial charge is 0.478 e. The average Bonchev–Trinajstić information content (AvgIpc) is 2.28. The van der Waals surface area contributed by atoms with E-state index in [2.05, 4.69) is 29.1 Å². The number of hydrogen-bond acceptors (Lipinski definition) is 4. The summed E-state index contributed by atoms with van der Waals surface area (Å²) in [6.07, 6.45) is 3.68. The summed E-state index contributed by atoms with van der Waals surface area (Å²) < 4.78 is 5.40. The number of ether oxygens (including phenoxy) is 1. The van der Waals surface area contributed by atoms with Gasteiger partial charge in [-0.15, -0.1) is 0 Å². The number of aryl methyl sites for hydroxylation is 1. The normalized spacial score (nSPS) is 10.7. The molecule has 0 aromatic carbocycles. The second-order valence-electron chi connectivity index (χ2n) is 4.92. The summed E-state index contributed by atoms with van der Waals surface area (Å²) in [6, 6.07) is 1.85. The number of rotatable bonds is 8. The third kappa shape index (κ3) is 5.84. The Morgan fingerprint density at radius 2 is 2.06 bits per heavy atom. The van der Waals surface area contributed by atoms with E-state index in [0.29, 0.717) is 18.4 Å². The highest BCUT2D eigenvalue weighted by Crippen LogP contribution is 2.12. The van der Waals surface area contributed by atoms with Crippen LogP contribution in [0.5, 0.6) is 5.88 Å². The molecule has 0 saturated heterocycles.